The number of anilines is 1. The molecule has 39 heavy (non-hydrogen) atoms. The van der Waals surface area contributed by atoms with Crippen LogP contribution in [0.15, 0.2) is 57.5 Å². The molecule has 8 nitrogen and oxygen atoms in total. The smallest absolute Gasteiger partial charge is 0.338 e. The third-order valence-corrected chi connectivity index (χ3v) is 8.25. The van der Waals surface area contributed by atoms with E-state index in [4.69, 9.17) is 14.2 Å². The highest BCUT2D eigenvalue weighted by Gasteiger charge is 2.35. The van der Waals surface area contributed by atoms with Crippen molar-refractivity contribution in [3.63, 3.8) is 0 Å². The number of ether oxygens (including phenoxy) is 3. The molecule has 0 N–H and O–H groups in total. The molecule has 0 aliphatic carbocycles. The molecule has 0 bridgehead atoms. The van der Waals surface area contributed by atoms with Gasteiger partial charge in [-0.15, -0.1) is 0 Å². The second-order valence-corrected chi connectivity index (χ2v) is 10.7. The van der Waals surface area contributed by atoms with E-state index in [9.17, 15) is 9.59 Å². The average Bonchev–Trinajstić information content (AvgIpc) is 3.57. The Morgan fingerprint density at radius 3 is 2.54 bits per heavy atom. The molecule has 3 heterocycles. The molecule has 1 fully saturated rings. The number of hydrogen-bond donors (Lipinski definition) is 0. The first-order chi connectivity index (χ1) is 18.9. The van der Waals surface area contributed by atoms with Gasteiger partial charge in [-0.2, -0.15) is 0 Å². The van der Waals surface area contributed by atoms with Crippen molar-refractivity contribution in [3.05, 3.63) is 84.0 Å². The molecule has 9 heteroatoms. The van der Waals surface area contributed by atoms with E-state index in [0.29, 0.717) is 37.7 Å². The van der Waals surface area contributed by atoms with Crippen LogP contribution in [0.1, 0.15) is 49.4 Å². The molecule has 204 valence electrons. The number of aryl methyl sites for hydroxylation is 1. The van der Waals surface area contributed by atoms with Crippen LogP contribution in [0.5, 0.6) is 11.5 Å². The number of esters is 1. The van der Waals surface area contributed by atoms with E-state index in [2.05, 4.69) is 35.0 Å². The van der Waals surface area contributed by atoms with Crippen molar-refractivity contribution < 1.29 is 19.0 Å². The predicted octanol–water partition coefficient (Wildman–Crippen LogP) is 3.72. The summed E-state index contributed by atoms with van der Waals surface area (Å²) in [6.07, 6.45) is 4.35. The Hall–Kier alpha value is -3.85. The van der Waals surface area contributed by atoms with Gasteiger partial charge in [-0.25, -0.2) is 9.79 Å². The highest BCUT2D eigenvalue weighted by atomic mass is 32.1. The Morgan fingerprint density at radius 1 is 1.10 bits per heavy atom. The van der Waals surface area contributed by atoms with Crippen LogP contribution in [0.2, 0.25) is 0 Å². The monoisotopic (exact) mass is 547 g/mol. The van der Waals surface area contributed by atoms with Crippen molar-refractivity contribution >= 4 is 29.1 Å². The van der Waals surface area contributed by atoms with E-state index in [0.717, 1.165) is 24.2 Å². The van der Waals surface area contributed by atoms with Crippen LogP contribution in [0.25, 0.3) is 6.08 Å². The summed E-state index contributed by atoms with van der Waals surface area (Å²) in [6, 6.07) is 11.0. The van der Waals surface area contributed by atoms with Crippen molar-refractivity contribution in [2.24, 2.45) is 4.99 Å². The summed E-state index contributed by atoms with van der Waals surface area (Å²) in [7, 11) is 3.13. The zero-order valence-corrected chi connectivity index (χ0v) is 23.8. The van der Waals surface area contributed by atoms with Gasteiger partial charge in [-0.1, -0.05) is 17.4 Å². The fraction of sp³-hybridized carbons (Fsp3) is 0.367. The molecular formula is C30H33N3O5S. The first-order valence-electron chi connectivity index (χ1n) is 13.1. The molecule has 0 amide bonds. The van der Waals surface area contributed by atoms with Gasteiger partial charge in [0, 0.05) is 30.4 Å². The molecule has 1 aromatic heterocycles. The number of carbonyl (C=O) groups is 1. The summed E-state index contributed by atoms with van der Waals surface area (Å²) >= 11 is 1.31. The maximum Gasteiger partial charge on any atom is 0.338 e. The number of nitrogens with zero attached hydrogens (tertiary/aromatic N) is 3. The summed E-state index contributed by atoms with van der Waals surface area (Å²) in [5, 5.41) is 0. The topological polar surface area (TPSA) is 82.4 Å². The van der Waals surface area contributed by atoms with Gasteiger partial charge < -0.3 is 19.1 Å². The van der Waals surface area contributed by atoms with Gasteiger partial charge in [0.2, 0.25) is 0 Å². The summed E-state index contributed by atoms with van der Waals surface area (Å²) in [5.74, 6) is 0.595. The number of rotatable bonds is 7. The van der Waals surface area contributed by atoms with Crippen LogP contribution in [0, 0.1) is 6.92 Å². The summed E-state index contributed by atoms with van der Waals surface area (Å²) in [6.45, 7) is 7.95. The Kier molecular flexibility index (Phi) is 7.61. The lowest BCUT2D eigenvalue weighted by Gasteiger charge is -2.26. The number of benzene rings is 2. The largest absolute Gasteiger partial charge is 0.497 e. The maximum absolute atomic E-state index is 14.0. The second kappa shape index (κ2) is 11.1. The van der Waals surface area contributed by atoms with Crippen LogP contribution in [0.4, 0.5) is 5.69 Å². The number of allylic oxidation sites excluding steroid dienone is 1. The lowest BCUT2D eigenvalue weighted by atomic mass is 9.95. The minimum Gasteiger partial charge on any atom is -0.497 e. The number of carbonyl (C=O) groups excluding carboxylic acids is 1. The van der Waals surface area contributed by atoms with Crippen LogP contribution in [-0.2, 0) is 9.53 Å². The maximum atomic E-state index is 14.0. The molecule has 5 rings (SSSR count). The SMILES string of the molecule is CCOC(=O)C1=C(C)N=c2s/c(=C/c3ccc(N4CCCC4)cc3C)c(=O)n2[C@@H]1c1ccc(OC)cc1OC. The fourth-order valence-electron chi connectivity index (χ4n) is 5.27. The van der Waals surface area contributed by atoms with Crippen molar-refractivity contribution in [3.8, 4) is 11.5 Å². The second-order valence-electron chi connectivity index (χ2n) is 9.65. The van der Waals surface area contributed by atoms with Crippen LogP contribution in [-0.4, -0.2) is 44.5 Å². The van der Waals surface area contributed by atoms with Crippen LogP contribution < -0.4 is 29.3 Å². The lowest BCUT2D eigenvalue weighted by Crippen LogP contribution is -2.40. The lowest BCUT2D eigenvalue weighted by molar-refractivity contribution is -0.139. The number of thiazole rings is 1. The van der Waals surface area contributed by atoms with E-state index >= 15 is 0 Å². The highest BCUT2D eigenvalue weighted by Crippen LogP contribution is 2.37. The molecule has 3 aromatic rings. The quantitative estimate of drug-likeness (QED) is 0.420. The molecular weight excluding hydrogens is 514 g/mol. The molecule has 2 aliphatic heterocycles. The van der Waals surface area contributed by atoms with Gasteiger partial charge >= 0.3 is 5.97 Å². The van der Waals surface area contributed by atoms with Crippen LogP contribution in [0.3, 0.4) is 0 Å². The van der Waals surface area contributed by atoms with Gasteiger partial charge in [0.15, 0.2) is 4.80 Å². The molecule has 2 aromatic carbocycles. The third-order valence-electron chi connectivity index (χ3n) is 7.26. The highest BCUT2D eigenvalue weighted by molar-refractivity contribution is 7.07. The normalized spacial score (nSPS) is 17.2. The summed E-state index contributed by atoms with van der Waals surface area (Å²) in [4.78, 5) is 34.8. The number of methoxy groups -OCH3 is 2. The molecule has 2 aliphatic rings. The predicted molar refractivity (Wildman–Crippen MR) is 153 cm³/mol. The first-order valence-corrected chi connectivity index (χ1v) is 13.9. The molecule has 1 atom stereocenters. The van der Waals surface area contributed by atoms with Crippen molar-refractivity contribution in [2.75, 3.05) is 38.8 Å². The number of fused-ring (bicyclic) bond motifs is 1. The average molecular weight is 548 g/mol. The summed E-state index contributed by atoms with van der Waals surface area (Å²) < 4.78 is 18.6. The summed E-state index contributed by atoms with van der Waals surface area (Å²) in [5.41, 5.74) is 4.53. The van der Waals surface area contributed by atoms with Gasteiger partial charge in [0.05, 0.1) is 36.6 Å². The minimum absolute atomic E-state index is 0.208. The Labute approximate surface area is 231 Å². The van der Waals surface area contributed by atoms with E-state index in [1.54, 1.807) is 44.8 Å². The Bertz CT molecular complexity index is 1630. The van der Waals surface area contributed by atoms with Gasteiger partial charge in [0.1, 0.15) is 17.5 Å². The zero-order valence-electron chi connectivity index (χ0n) is 22.9. The van der Waals surface area contributed by atoms with E-state index in [1.165, 1.54) is 29.9 Å². The fourth-order valence-corrected chi connectivity index (χ4v) is 6.30. The molecule has 0 unspecified atom stereocenters. The van der Waals surface area contributed by atoms with Crippen molar-refractivity contribution in [1.82, 2.24) is 4.57 Å². The molecule has 0 radical (unpaired) electrons. The Balaban J connectivity index is 1.67. The van der Waals surface area contributed by atoms with Crippen molar-refractivity contribution in [2.45, 2.75) is 39.7 Å². The standard InChI is InChI=1S/C30H33N3O5S/c1-6-38-29(35)26-19(3)31-30-33(27(26)23-12-11-22(36-4)17-24(23)37-5)28(34)25(39-30)16-20-9-10-21(15-18(20)2)32-13-7-8-14-32/h9-12,15-17,27H,6-8,13-14H2,1-5H3/b25-16+/t27-/m1/s1. The van der Waals surface area contributed by atoms with Crippen molar-refractivity contribution in [1.29, 1.82) is 0 Å². The zero-order chi connectivity index (χ0) is 27.7. The van der Waals surface area contributed by atoms with Gasteiger partial charge in [-0.05, 0) is 75.1 Å². The third kappa shape index (κ3) is 4.98. The van der Waals surface area contributed by atoms with Gasteiger partial charge in [-0.3, -0.25) is 9.36 Å². The van der Waals surface area contributed by atoms with Crippen LogP contribution >= 0.6 is 11.3 Å². The van der Waals surface area contributed by atoms with E-state index in [1.807, 2.05) is 12.1 Å². The van der Waals surface area contributed by atoms with Gasteiger partial charge in [0.25, 0.3) is 5.56 Å². The number of hydrogen-bond acceptors (Lipinski definition) is 8. The van der Waals surface area contributed by atoms with E-state index < -0.39 is 12.0 Å². The number of aromatic nitrogens is 1. The minimum atomic E-state index is -0.762. The first kappa shape index (κ1) is 26.7. The molecule has 0 spiro atoms. The molecule has 0 saturated carbocycles. The molecule has 1 saturated heterocycles. The van der Waals surface area contributed by atoms with E-state index in [-0.39, 0.29) is 12.2 Å². The Morgan fingerprint density at radius 2 is 1.87 bits per heavy atom.